The fraction of sp³-hybridized carbons (Fsp3) is 0.750. The second-order valence-electron chi connectivity index (χ2n) is 2.63. The molecule has 0 amide bonds. The summed E-state index contributed by atoms with van der Waals surface area (Å²) in [5.41, 5.74) is 0. The normalized spacial score (nSPS) is 9.62. The summed E-state index contributed by atoms with van der Waals surface area (Å²) in [7, 11) is 0. The van der Waals surface area contributed by atoms with Crippen LogP contribution in [0, 0.1) is 0 Å². The molecule has 0 rings (SSSR count). The number of esters is 1. The van der Waals surface area contributed by atoms with Crippen LogP contribution in [0.15, 0.2) is 0 Å². The Labute approximate surface area is 77.1 Å². The molecule has 0 heterocycles. The molecule has 0 saturated heterocycles. The maximum atomic E-state index is 10.3. The van der Waals surface area contributed by atoms with E-state index in [1.807, 2.05) is 0 Å². The molecule has 76 valence electrons. The van der Waals surface area contributed by atoms with Crippen LogP contribution >= 0.6 is 0 Å². The fourth-order valence-corrected chi connectivity index (χ4v) is 0.751. The molecule has 0 aromatic carbocycles. The van der Waals surface area contributed by atoms with Gasteiger partial charge in [-0.15, -0.1) is 0 Å². The van der Waals surface area contributed by atoms with Crippen LogP contribution in [0.2, 0.25) is 0 Å². The Kier molecular flexibility index (Phi) is 6.91. The van der Waals surface area contributed by atoms with Gasteiger partial charge in [-0.25, -0.2) is 0 Å². The van der Waals surface area contributed by atoms with E-state index >= 15 is 0 Å². The van der Waals surface area contributed by atoms with Crippen LogP contribution < -0.4 is 5.32 Å². The van der Waals surface area contributed by atoms with Crippen LogP contribution in [0.3, 0.4) is 0 Å². The lowest BCUT2D eigenvalue weighted by Crippen LogP contribution is -2.20. The highest BCUT2D eigenvalue weighted by Gasteiger charge is 1.96. The van der Waals surface area contributed by atoms with Crippen molar-refractivity contribution in [2.75, 3.05) is 13.3 Å². The Bertz CT molecular complexity index is 152. The molecule has 5 nitrogen and oxygen atoms in total. The lowest BCUT2D eigenvalue weighted by Gasteiger charge is -2.03. The van der Waals surface area contributed by atoms with Gasteiger partial charge in [-0.3, -0.25) is 14.9 Å². The number of ether oxygens (including phenoxy) is 1. The molecule has 0 atom stereocenters. The zero-order valence-corrected chi connectivity index (χ0v) is 7.71. The predicted octanol–water partition coefficient (Wildman–Crippen LogP) is 0.351. The van der Waals surface area contributed by atoms with Gasteiger partial charge in [-0.1, -0.05) is 0 Å². The van der Waals surface area contributed by atoms with Gasteiger partial charge in [-0.05, 0) is 19.4 Å². The van der Waals surface area contributed by atoms with Crippen molar-refractivity contribution in [3.05, 3.63) is 0 Å². The van der Waals surface area contributed by atoms with E-state index in [9.17, 15) is 9.59 Å². The van der Waals surface area contributed by atoms with Gasteiger partial charge in [0.05, 0.1) is 0 Å². The number of hydrogen-bond acceptors (Lipinski definition) is 4. The summed E-state index contributed by atoms with van der Waals surface area (Å²) in [4.78, 5) is 20.4. The smallest absolute Gasteiger partial charge is 0.303 e. The summed E-state index contributed by atoms with van der Waals surface area (Å²) in [6.45, 7) is 2.20. The lowest BCUT2D eigenvalue weighted by molar-refractivity contribution is -0.141. The third-order valence-electron chi connectivity index (χ3n) is 1.37. The maximum absolute atomic E-state index is 10.3. The number of carbonyl (C=O) groups is 2. The molecule has 0 radical (unpaired) electrons. The van der Waals surface area contributed by atoms with Crippen molar-refractivity contribution >= 4 is 11.9 Å². The third-order valence-corrected chi connectivity index (χ3v) is 1.37. The molecule has 0 aliphatic heterocycles. The summed E-state index contributed by atoms with van der Waals surface area (Å²) in [6, 6.07) is 0. The van der Waals surface area contributed by atoms with Crippen LogP contribution in [0.4, 0.5) is 0 Å². The van der Waals surface area contributed by atoms with Gasteiger partial charge in [-0.2, -0.15) is 0 Å². The Morgan fingerprint density at radius 1 is 1.38 bits per heavy atom. The maximum Gasteiger partial charge on any atom is 0.303 e. The number of carboxylic acids is 1. The van der Waals surface area contributed by atoms with E-state index in [0.29, 0.717) is 13.0 Å². The molecule has 0 aromatic heterocycles. The molecule has 0 saturated carbocycles. The number of carbonyl (C=O) groups excluding carboxylic acids is 1. The lowest BCUT2D eigenvalue weighted by atomic mass is 10.2. The van der Waals surface area contributed by atoms with Crippen LogP contribution in [0.25, 0.3) is 0 Å². The highest BCUT2D eigenvalue weighted by Crippen LogP contribution is 1.92. The van der Waals surface area contributed by atoms with Crippen molar-refractivity contribution in [1.29, 1.82) is 0 Å². The molecule has 0 aromatic rings. The van der Waals surface area contributed by atoms with E-state index in [-0.39, 0.29) is 19.1 Å². The fourth-order valence-electron chi connectivity index (χ4n) is 0.751. The summed E-state index contributed by atoms with van der Waals surface area (Å²) in [6.07, 6.45) is 1.60. The largest absolute Gasteiger partial charge is 0.481 e. The van der Waals surface area contributed by atoms with E-state index in [1.165, 1.54) is 6.92 Å². The van der Waals surface area contributed by atoms with Gasteiger partial charge in [0, 0.05) is 13.3 Å². The Morgan fingerprint density at radius 2 is 2.08 bits per heavy atom. The molecule has 0 unspecified atom stereocenters. The van der Waals surface area contributed by atoms with Crippen molar-refractivity contribution in [3.63, 3.8) is 0 Å². The number of aliphatic carboxylic acids is 1. The number of rotatable bonds is 7. The number of hydrogen-bond donors (Lipinski definition) is 2. The second-order valence-corrected chi connectivity index (χ2v) is 2.63. The van der Waals surface area contributed by atoms with E-state index in [2.05, 4.69) is 10.1 Å². The monoisotopic (exact) mass is 189 g/mol. The highest BCUT2D eigenvalue weighted by atomic mass is 16.5. The van der Waals surface area contributed by atoms with Crippen LogP contribution in [-0.4, -0.2) is 30.3 Å². The van der Waals surface area contributed by atoms with E-state index < -0.39 is 5.97 Å². The molecular formula is C8H15NO4. The SMILES string of the molecule is CC(=O)OCNCCCCC(=O)O. The first-order chi connectivity index (χ1) is 6.13. The van der Waals surface area contributed by atoms with Gasteiger partial charge in [0.15, 0.2) is 0 Å². The Balaban J connectivity index is 3.00. The van der Waals surface area contributed by atoms with Crippen molar-refractivity contribution in [2.24, 2.45) is 0 Å². The Morgan fingerprint density at radius 3 is 2.62 bits per heavy atom. The van der Waals surface area contributed by atoms with Crippen LogP contribution in [0.5, 0.6) is 0 Å². The molecule has 0 aliphatic carbocycles. The summed E-state index contributed by atoms with van der Waals surface area (Å²) < 4.78 is 4.60. The van der Waals surface area contributed by atoms with Crippen molar-refractivity contribution in [1.82, 2.24) is 5.32 Å². The number of carboxylic acid groups (broad SMARTS) is 1. The first-order valence-electron chi connectivity index (χ1n) is 4.19. The highest BCUT2D eigenvalue weighted by molar-refractivity contribution is 5.66. The van der Waals surface area contributed by atoms with Crippen molar-refractivity contribution in [2.45, 2.75) is 26.2 Å². The van der Waals surface area contributed by atoms with E-state index in [4.69, 9.17) is 5.11 Å². The van der Waals surface area contributed by atoms with Crippen molar-refractivity contribution < 1.29 is 19.4 Å². The van der Waals surface area contributed by atoms with E-state index in [0.717, 1.165) is 6.42 Å². The third kappa shape index (κ3) is 10.9. The van der Waals surface area contributed by atoms with Crippen LogP contribution in [0.1, 0.15) is 26.2 Å². The van der Waals surface area contributed by atoms with Gasteiger partial charge >= 0.3 is 11.9 Å². The van der Waals surface area contributed by atoms with Gasteiger partial charge in [0.1, 0.15) is 6.73 Å². The molecule has 0 fully saturated rings. The Hall–Kier alpha value is -1.10. The van der Waals surface area contributed by atoms with Crippen molar-refractivity contribution in [3.8, 4) is 0 Å². The summed E-state index contributed by atoms with van der Waals surface area (Å²) >= 11 is 0. The molecule has 0 spiro atoms. The minimum absolute atomic E-state index is 0.190. The summed E-state index contributed by atoms with van der Waals surface area (Å²) in [5.74, 6) is -1.10. The average Bonchev–Trinajstić information content (AvgIpc) is 2.01. The number of nitrogens with one attached hydrogen (secondary N) is 1. The number of unbranched alkanes of at least 4 members (excludes halogenated alkanes) is 1. The summed E-state index contributed by atoms with van der Waals surface area (Å²) in [5, 5.41) is 11.2. The zero-order chi connectivity index (χ0) is 10.1. The first kappa shape index (κ1) is 11.9. The minimum Gasteiger partial charge on any atom is -0.481 e. The zero-order valence-electron chi connectivity index (χ0n) is 7.71. The molecule has 5 heteroatoms. The average molecular weight is 189 g/mol. The topological polar surface area (TPSA) is 75.6 Å². The molecule has 0 bridgehead atoms. The second kappa shape index (κ2) is 7.54. The van der Waals surface area contributed by atoms with Crippen LogP contribution in [-0.2, 0) is 14.3 Å². The van der Waals surface area contributed by atoms with Gasteiger partial charge in [0.25, 0.3) is 0 Å². The minimum atomic E-state index is -0.778. The van der Waals surface area contributed by atoms with Gasteiger partial charge < -0.3 is 9.84 Å². The molecular weight excluding hydrogens is 174 g/mol. The quantitative estimate of drug-likeness (QED) is 0.343. The standard InChI is InChI=1S/C8H15NO4/c1-7(10)13-6-9-5-3-2-4-8(11)12/h9H,2-6H2,1H3,(H,11,12). The first-order valence-corrected chi connectivity index (χ1v) is 4.19. The molecule has 0 aliphatic rings. The molecule has 2 N–H and O–H groups in total. The predicted molar refractivity (Wildman–Crippen MR) is 46.1 cm³/mol. The van der Waals surface area contributed by atoms with E-state index in [1.54, 1.807) is 0 Å². The molecule has 13 heavy (non-hydrogen) atoms. The van der Waals surface area contributed by atoms with Gasteiger partial charge in [0.2, 0.25) is 0 Å².